The van der Waals surface area contributed by atoms with E-state index in [1.54, 1.807) is 23.3 Å². The van der Waals surface area contributed by atoms with Gasteiger partial charge in [-0.05, 0) is 25.0 Å². The molecule has 1 amide bonds. The molecule has 0 saturated carbocycles. The highest BCUT2D eigenvalue weighted by Gasteiger charge is 2.29. The maximum atomic E-state index is 13.1. The number of aromatic nitrogens is 4. The third kappa shape index (κ3) is 3.41. The van der Waals surface area contributed by atoms with Crippen molar-refractivity contribution in [1.29, 1.82) is 0 Å². The average Bonchev–Trinajstić information content (AvgIpc) is 3.54. The third-order valence-electron chi connectivity index (χ3n) is 5.51. The predicted molar refractivity (Wildman–Crippen MR) is 109 cm³/mol. The van der Waals surface area contributed by atoms with Gasteiger partial charge in [-0.25, -0.2) is 0 Å². The van der Waals surface area contributed by atoms with Crippen LogP contribution in [0.3, 0.4) is 0 Å². The molecule has 1 saturated heterocycles. The minimum absolute atomic E-state index is 0.00440. The topological polar surface area (TPSA) is 90.2 Å². The molecule has 1 aliphatic rings. The Hall–Kier alpha value is -3.68. The smallest absolute Gasteiger partial charge is 0.272 e. The summed E-state index contributed by atoms with van der Waals surface area (Å²) in [6, 6.07) is 13.5. The van der Waals surface area contributed by atoms with Crippen LogP contribution in [0.25, 0.3) is 22.7 Å². The zero-order valence-corrected chi connectivity index (χ0v) is 16.6. The molecule has 4 heterocycles. The van der Waals surface area contributed by atoms with Crippen molar-refractivity contribution in [2.24, 2.45) is 7.05 Å². The summed E-state index contributed by atoms with van der Waals surface area (Å²) in [6.45, 7) is 1.28. The number of carbonyl (C=O) groups is 1. The van der Waals surface area contributed by atoms with Crippen molar-refractivity contribution in [3.05, 3.63) is 66.6 Å². The number of likely N-dealkylation sites (tertiary alicyclic amines) is 1. The summed E-state index contributed by atoms with van der Waals surface area (Å²) in [5.74, 6) is 1.22. The lowest BCUT2D eigenvalue weighted by Gasteiger charge is -2.30. The monoisotopic (exact) mass is 403 g/mol. The molecule has 0 unspecified atom stereocenters. The first kappa shape index (κ1) is 18.4. The van der Waals surface area contributed by atoms with Gasteiger partial charge in [0.15, 0.2) is 0 Å². The highest BCUT2D eigenvalue weighted by atomic mass is 16.4. The van der Waals surface area contributed by atoms with Crippen LogP contribution in [0.1, 0.15) is 35.1 Å². The van der Waals surface area contributed by atoms with Gasteiger partial charge in [-0.2, -0.15) is 5.10 Å². The lowest BCUT2D eigenvalue weighted by molar-refractivity contribution is 0.0695. The Morgan fingerprint density at radius 1 is 1.07 bits per heavy atom. The molecule has 152 valence electrons. The van der Waals surface area contributed by atoms with Gasteiger partial charge in [-0.1, -0.05) is 30.3 Å². The summed E-state index contributed by atoms with van der Waals surface area (Å²) in [5, 5.41) is 12.8. The summed E-state index contributed by atoms with van der Waals surface area (Å²) < 4.78 is 12.5. The summed E-state index contributed by atoms with van der Waals surface area (Å²) >= 11 is 0. The fourth-order valence-corrected chi connectivity index (χ4v) is 3.81. The maximum Gasteiger partial charge on any atom is 0.272 e. The van der Waals surface area contributed by atoms with Gasteiger partial charge in [0.05, 0.1) is 17.5 Å². The second-order valence-corrected chi connectivity index (χ2v) is 7.43. The van der Waals surface area contributed by atoms with Crippen molar-refractivity contribution in [3.63, 3.8) is 0 Å². The molecule has 0 spiro atoms. The van der Waals surface area contributed by atoms with E-state index in [4.69, 9.17) is 8.83 Å². The number of hydrogen-bond donors (Lipinski definition) is 0. The fourth-order valence-electron chi connectivity index (χ4n) is 3.81. The van der Waals surface area contributed by atoms with E-state index in [1.807, 2.05) is 48.3 Å². The molecule has 4 aromatic rings. The van der Waals surface area contributed by atoms with Gasteiger partial charge in [0.1, 0.15) is 12.0 Å². The second kappa shape index (κ2) is 7.62. The average molecular weight is 403 g/mol. The molecule has 0 N–H and O–H groups in total. The molecule has 0 aliphatic carbocycles. The minimum Gasteiger partial charge on any atom is -0.472 e. The van der Waals surface area contributed by atoms with Crippen LogP contribution in [-0.4, -0.2) is 43.9 Å². The molecule has 1 aliphatic heterocycles. The van der Waals surface area contributed by atoms with Crippen LogP contribution in [0, 0.1) is 0 Å². The molecule has 1 fully saturated rings. The van der Waals surface area contributed by atoms with Gasteiger partial charge in [-0.3, -0.25) is 9.48 Å². The molecular weight excluding hydrogens is 382 g/mol. The molecule has 0 bridgehead atoms. The largest absolute Gasteiger partial charge is 0.472 e. The highest BCUT2D eigenvalue weighted by Crippen LogP contribution is 2.30. The minimum atomic E-state index is -0.00440. The van der Waals surface area contributed by atoms with E-state index >= 15 is 0 Å². The summed E-state index contributed by atoms with van der Waals surface area (Å²) in [4.78, 5) is 14.9. The molecule has 8 nitrogen and oxygen atoms in total. The van der Waals surface area contributed by atoms with E-state index in [0.717, 1.165) is 29.7 Å². The Morgan fingerprint density at radius 2 is 1.87 bits per heavy atom. The molecular formula is C22H21N5O3. The molecule has 1 aromatic carbocycles. The highest BCUT2D eigenvalue weighted by molar-refractivity contribution is 5.93. The van der Waals surface area contributed by atoms with E-state index in [9.17, 15) is 4.79 Å². The Balaban J connectivity index is 1.26. The summed E-state index contributed by atoms with van der Waals surface area (Å²) in [7, 11) is 1.81. The first-order chi connectivity index (χ1) is 14.7. The van der Waals surface area contributed by atoms with Gasteiger partial charge in [0.25, 0.3) is 11.8 Å². The Morgan fingerprint density at radius 3 is 2.60 bits per heavy atom. The summed E-state index contributed by atoms with van der Waals surface area (Å²) in [6.07, 6.45) is 4.71. The van der Waals surface area contributed by atoms with Crippen molar-refractivity contribution >= 4 is 5.91 Å². The number of rotatable bonds is 4. The van der Waals surface area contributed by atoms with E-state index in [0.29, 0.717) is 30.6 Å². The van der Waals surface area contributed by atoms with Crippen molar-refractivity contribution in [1.82, 2.24) is 24.9 Å². The molecule has 8 heteroatoms. The molecule has 30 heavy (non-hydrogen) atoms. The second-order valence-electron chi connectivity index (χ2n) is 7.43. The van der Waals surface area contributed by atoms with E-state index in [-0.39, 0.29) is 11.8 Å². The normalized spacial score (nSPS) is 14.9. The molecule has 3 aromatic heterocycles. The number of aryl methyl sites for hydroxylation is 1. The fraction of sp³-hybridized carbons (Fsp3) is 0.273. The number of furan rings is 1. The van der Waals surface area contributed by atoms with Crippen LogP contribution in [0.15, 0.2) is 63.8 Å². The van der Waals surface area contributed by atoms with Crippen LogP contribution in [-0.2, 0) is 7.05 Å². The third-order valence-corrected chi connectivity index (χ3v) is 5.51. The Labute approximate surface area is 173 Å². The maximum absolute atomic E-state index is 13.1. The first-order valence-corrected chi connectivity index (χ1v) is 9.94. The van der Waals surface area contributed by atoms with Gasteiger partial charge in [0.2, 0.25) is 5.89 Å². The zero-order chi connectivity index (χ0) is 20.5. The van der Waals surface area contributed by atoms with Gasteiger partial charge in [0, 0.05) is 31.6 Å². The van der Waals surface area contributed by atoms with Gasteiger partial charge in [-0.15, -0.1) is 10.2 Å². The Bertz CT molecular complexity index is 1140. The lowest BCUT2D eigenvalue weighted by atomic mass is 9.96. The number of carbonyl (C=O) groups excluding carboxylic acids is 1. The van der Waals surface area contributed by atoms with E-state index in [2.05, 4.69) is 15.3 Å². The van der Waals surface area contributed by atoms with Gasteiger partial charge >= 0.3 is 0 Å². The first-order valence-electron chi connectivity index (χ1n) is 9.94. The predicted octanol–water partition coefficient (Wildman–Crippen LogP) is 3.75. The number of piperidine rings is 1. The SMILES string of the molecule is Cn1nc(-c2ccccc2)cc1C(=O)N1CCC(c2nnc(-c3ccoc3)o2)CC1. The zero-order valence-electron chi connectivity index (χ0n) is 16.6. The quantitative estimate of drug-likeness (QED) is 0.515. The van der Waals surface area contributed by atoms with E-state index < -0.39 is 0 Å². The van der Waals surface area contributed by atoms with Crippen LogP contribution in [0.4, 0.5) is 0 Å². The van der Waals surface area contributed by atoms with Crippen molar-refractivity contribution in [3.8, 4) is 22.7 Å². The van der Waals surface area contributed by atoms with Crippen molar-refractivity contribution < 1.29 is 13.6 Å². The van der Waals surface area contributed by atoms with Crippen LogP contribution in [0.2, 0.25) is 0 Å². The molecule has 0 radical (unpaired) electrons. The van der Waals surface area contributed by atoms with Crippen LogP contribution in [0.5, 0.6) is 0 Å². The molecule has 0 atom stereocenters. The van der Waals surface area contributed by atoms with Crippen LogP contribution < -0.4 is 0 Å². The van der Waals surface area contributed by atoms with E-state index in [1.165, 1.54) is 0 Å². The number of hydrogen-bond acceptors (Lipinski definition) is 6. The van der Waals surface area contributed by atoms with Crippen molar-refractivity contribution in [2.45, 2.75) is 18.8 Å². The summed E-state index contributed by atoms with van der Waals surface area (Å²) in [5.41, 5.74) is 3.16. The standard InChI is InChI=1S/C22H21N5O3/c1-26-19(13-18(25-26)15-5-3-2-4-6-15)22(28)27-10-7-16(8-11-27)20-23-24-21(30-20)17-9-12-29-14-17/h2-6,9,12-14,16H,7-8,10-11H2,1H3. The van der Waals surface area contributed by atoms with Crippen molar-refractivity contribution in [2.75, 3.05) is 13.1 Å². The van der Waals surface area contributed by atoms with Gasteiger partial charge < -0.3 is 13.7 Å². The number of nitrogens with zero attached hydrogens (tertiary/aromatic N) is 5. The number of amides is 1. The Kier molecular flexibility index (Phi) is 4.66. The van der Waals surface area contributed by atoms with Crippen LogP contribution >= 0.6 is 0 Å². The number of benzene rings is 1. The lowest BCUT2D eigenvalue weighted by Crippen LogP contribution is -2.38. The molecule has 5 rings (SSSR count).